The standard InChI is InChI=1S/C15H16BrNO3/c1-15(19)4-5-17(9-15)14(18)11-6-10-7-12(16)2-3-13(10)20-8-11/h2-3,6-7,19H,4-5,8-9H2,1H3. The predicted octanol–water partition coefficient (Wildman–Crippen LogP) is 2.21. The summed E-state index contributed by atoms with van der Waals surface area (Å²) in [5.41, 5.74) is 0.764. The molecule has 0 bridgehead atoms. The zero-order valence-corrected chi connectivity index (χ0v) is 12.8. The Hall–Kier alpha value is -1.33. The quantitative estimate of drug-likeness (QED) is 0.854. The molecule has 1 fully saturated rings. The molecule has 0 aliphatic carbocycles. The number of benzene rings is 1. The summed E-state index contributed by atoms with van der Waals surface area (Å²) in [5.74, 6) is 0.742. The normalized spacial score (nSPS) is 24.9. The van der Waals surface area contributed by atoms with Crippen LogP contribution >= 0.6 is 15.9 Å². The first-order chi connectivity index (χ1) is 9.44. The number of carbonyl (C=O) groups is 1. The zero-order valence-electron chi connectivity index (χ0n) is 11.2. The maximum absolute atomic E-state index is 12.4. The van der Waals surface area contributed by atoms with Gasteiger partial charge in [0.25, 0.3) is 5.91 Å². The van der Waals surface area contributed by atoms with Gasteiger partial charge in [0.1, 0.15) is 12.4 Å². The summed E-state index contributed by atoms with van der Waals surface area (Å²) in [7, 11) is 0. The fourth-order valence-electron chi connectivity index (χ4n) is 2.59. The Balaban J connectivity index is 1.83. The van der Waals surface area contributed by atoms with E-state index in [-0.39, 0.29) is 12.5 Å². The van der Waals surface area contributed by atoms with Crippen molar-refractivity contribution in [2.75, 3.05) is 19.7 Å². The number of hydrogen-bond acceptors (Lipinski definition) is 3. The minimum atomic E-state index is -0.771. The Morgan fingerprint density at radius 1 is 1.50 bits per heavy atom. The van der Waals surface area contributed by atoms with Crippen molar-refractivity contribution in [3.63, 3.8) is 0 Å². The summed E-state index contributed by atoms with van der Waals surface area (Å²) in [6.45, 7) is 3.02. The number of amides is 1. The minimum absolute atomic E-state index is 0.0478. The Morgan fingerprint density at radius 3 is 3.00 bits per heavy atom. The van der Waals surface area contributed by atoms with Crippen LogP contribution in [0.15, 0.2) is 28.2 Å². The van der Waals surface area contributed by atoms with Crippen molar-refractivity contribution in [1.82, 2.24) is 4.90 Å². The number of halogens is 1. The fraction of sp³-hybridized carbons (Fsp3) is 0.400. The number of ether oxygens (including phenoxy) is 1. The van der Waals surface area contributed by atoms with Gasteiger partial charge in [-0.15, -0.1) is 0 Å². The number of fused-ring (bicyclic) bond motifs is 1. The first kappa shape index (κ1) is 13.6. The Kier molecular flexibility index (Phi) is 3.34. The van der Waals surface area contributed by atoms with E-state index in [4.69, 9.17) is 4.74 Å². The molecule has 1 aromatic rings. The van der Waals surface area contributed by atoms with Crippen LogP contribution in [0.2, 0.25) is 0 Å². The van der Waals surface area contributed by atoms with E-state index in [0.29, 0.717) is 25.1 Å². The van der Waals surface area contributed by atoms with Gasteiger partial charge in [-0.25, -0.2) is 0 Å². The maximum Gasteiger partial charge on any atom is 0.253 e. The van der Waals surface area contributed by atoms with Crippen LogP contribution in [0.4, 0.5) is 0 Å². The third kappa shape index (κ3) is 2.60. The van der Waals surface area contributed by atoms with Crippen molar-refractivity contribution in [3.05, 3.63) is 33.8 Å². The van der Waals surface area contributed by atoms with Crippen LogP contribution in [0.5, 0.6) is 5.75 Å². The van der Waals surface area contributed by atoms with Gasteiger partial charge in [-0.2, -0.15) is 0 Å². The van der Waals surface area contributed by atoms with Crippen molar-refractivity contribution in [2.45, 2.75) is 18.9 Å². The molecule has 1 unspecified atom stereocenters. The summed E-state index contributed by atoms with van der Waals surface area (Å²) < 4.78 is 6.58. The number of hydrogen-bond donors (Lipinski definition) is 1. The third-order valence-electron chi connectivity index (χ3n) is 3.70. The molecule has 1 atom stereocenters. The van der Waals surface area contributed by atoms with E-state index in [1.165, 1.54) is 0 Å². The second kappa shape index (κ2) is 4.90. The van der Waals surface area contributed by atoms with E-state index in [0.717, 1.165) is 15.8 Å². The number of likely N-dealkylation sites (tertiary alicyclic amines) is 1. The molecule has 2 aliphatic heterocycles. The van der Waals surface area contributed by atoms with Crippen LogP contribution in [-0.2, 0) is 4.79 Å². The third-order valence-corrected chi connectivity index (χ3v) is 4.19. The predicted molar refractivity (Wildman–Crippen MR) is 79.4 cm³/mol. The van der Waals surface area contributed by atoms with E-state index in [1.807, 2.05) is 24.3 Å². The average Bonchev–Trinajstić information content (AvgIpc) is 2.77. The molecule has 3 rings (SSSR count). The molecule has 0 radical (unpaired) electrons. The van der Waals surface area contributed by atoms with Gasteiger partial charge in [-0.05, 0) is 37.6 Å². The van der Waals surface area contributed by atoms with Crippen LogP contribution < -0.4 is 4.74 Å². The summed E-state index contributed by atoms with van der Waals surface area (Å²) in [4.78, 5) is 14.1. The summed E-state index contributed by atoms with van der Waals surface area (Å²) in [5, 5.41) is 9.96. The molecule has 20 heavy (non-hydrogen) atoms. The second-order valence-electron chi connectivity index (χ2n) is 5.61. The minimum Gasteiger partial charge on any atom is -0.488 e. The van der Waals surface area contributed by atoms with E-state index in [1.54, 1.807) is 11.8 Å². The molecule has 0 spiro atoms. The number of nitrogens with zero attached hydrogens (tertiary/aromatic N) is 1. The lowest BCUT2D eigenvalue weighted by molar-refractivity contribution is -0.127. The largest absolute Gasteiger partial charge is 0.488 e. The van der Waals surface area contributed by atoms with Gasteiger partial charge in [0, 0.05) is 23.1 Å². The summed E-state index contributed by atoms with van der Waals surface area (Å²) in [6.07, 6.45) is 2.49. The van der Waals surface area contributed by atoms with Gasteiger partial charge >= 0.3 is 0 Å². The van der Waals surface area contributed by atoms with Gasteiger partial charge in [0.15, 0.2) is 0 Å². The van der Waals surface area contributed by atoms with Gasteiger partial charge in [0.05, 0.1) is 11.2 Å². The number of aliphatic hydroxyl groups is 1. The lowest BCUT2D eigenvalue weighted by Gasteiger charge is -2.23. The first-order valence-electron chi connectivity index (χ1n) is 6.59. The SMILES string of the molecule is CC1(O)CCN(C(=O)C2=Cc3cc(Br)ccc3OC2)C1. The van der Waals surface area contributed by atoms with Crippen molar-refractivity contribution in [1.29, 1.82) is 0 Å². The highest BCUT2D eigenvalue weighted by molar-refractivity contribution is 9.10. The van der Waals surface area contributed by atoms with E-state index < -0.39 is 5.60 Å². The van der Waals surface area contributed by atoms with Crippen LogP contribution in [-0.4, -0.2) is 41.2 Å². The molecule has 1 saturated heterocycles. The van der Waals surface area contributed by atoms with Crippen molar-refractivity contribution < 1.29 is 14.6 Å². The molecular formula is C15H16BrNO3. The lowest BCUT2D eigenvalue weighted by Crippen LogP contribution is -2.36. The van der Waals surface area contributed by atoms with Crippen molar-refractivity contribution in [3.8, 4) is 5.75 Å². The highest BCUT2D eigenvalue weighted by Crippen LogP contribution is 2.30. The first-order valence-corrected chi connectivity index (χ1v) is 7.38. The van der Waals surface area contributed by atoms with E-state index in [2.05, 4.69) is 15.9 Å². The molecule has 4 nitrogen and oxygen atoms in total. The Labute approximate surface area is 126 Å². The molecular weight excluding hydrogens is 322 g/mol. The second-order valence-corrected chi connectivity index (χ2v) is 6.53. The highest BCUT2D eigenvalue weighted by atomic mass is 79.9. The van der Waals surface area contributed by atoms with Crippen LogP contribution in [0.1, 0.15) is 18.9 Å². The smallest absolute Gasteiger partial charge is 0.253 e. The summed E-state index contributed by atoms with van der Waals surface area (Å²) in [6, 6.07) is 5.73. The topological polar surface area (TPSA) is 49.8 Å². The highest BCUT2D eigenvalue weighted by Gasteiger charge is 2.35. The van der Waals surface area contributed by atoms with Crippen molar-refractivity contribution >= 4 is 27.9 Å². The Bertz CT molecular complexity index is 595. The molecule has 0 aromatic heterocycles. The molecule has 2 heterocycles. The van der Waals surface area contributed by atoms with Crippen molar-refractivity contribution in [2.24, 2.45) is 0 Å². The monoisotopic (exact) mass is 337 g/mol. The molecule has 1 amide bonds. The average molecular weight is 338 g/mol. The van der Waals surface area contributed by atoms with Gasteiger partial charge in [-0.3, -0.25) is 4.79 Å². The molecule has 106 valence electrons. The zero-order chi connectivity index (χ0) is 14.3. The molecule has 2 aliphatic rings. The van der Waals surface area contributed by atoms with Crippen LogP contribution in [0.25, 0.3) is 6.08 Å². The van der Waals surface area contributed by atoms with E-state index >= 15 is 0 Å². The van der Waals surface area contributed by atoms with Crippen LogP contribution in [0, 0.1) is 0 Å². The lowest BCUT2D eigenvalue weighted by atomic mass is 10.1. The molecule has 0 saturated carbocycles. The van der Waals surface area contributed by atoms with Gasteiger partial charge in [-0.1, -0.05) is 15.9 Å². The molecule has 1 aromatic carbocycles. The Morgan fingerprint density at radius 2 is 2.30 bits per heavy atom. The number of β-amino-alcohol motifs (C(OH)–C–C–N with tert-alkyl or cyclic N) is 1. The summed E-state index contributed by atoms with van der Waals surface area (Å²) >= 11 is 3.42. The fourth-order valence-corrected chi connectivity index (χ4v) is 2.97. The van der Waals surface area contributed by atoms with Gasteiger partial charge in [0.2, 0.25) is 0 Å². The van der Waals surface area contributed by atoms with Crippen LogP contribution in [0.3, 0.4) is 0 Å². The molecule has 5 heteroatoms. The molecule has 1 N–H and O–H groups in total. The maximum atomic E-state index is 12.4. The number of carbonyl (C=O) groups excluding carboxylic acids is 1. The number of rotatable bonds is 1. The van der Waals surface area contributed by atoms with E-state index in [9.17, 15) is 9.90 Å². The van der Waals surface area contributed by atoms with Gasteiger partial charge < -0.3 is 14.7 Å².